The molecule has 1 aliphatic rings. The monoisotopic (exact) mass is 257 g/mol. The molecule has 1 atom stereocenters. The summed E-state index contributed by atoms with van der Waals surface area (Å²) in [6.07, 6.45) is 5.86. The van der Waals surface area contributed by atoms with Crippen LogP contribution in [-0.4, -0.2) is 33.9 Å². The van der Waals surface area contributed by atoms with Crippen molar-refractivity contribution in [3.63, 3.8) is 0 Å². The molecule has 0 aliphatic carbocycles. The molecule has 100 valence electrons. The van der Waals surface area contributed by atoms with Crippen molar-refractivity contribution in [1.29, 1.82) is 0 Å². The van der Waals surface area contributed by atoms with Crippen LogP contribution in [-0.2, 0) is 6.54 Å². The van der Waals surface area contributed by atoms with Gasteiger partial charge in [0.2, 0.25) is 0 Å². The number of anilines is 1. The number of nitrogens with zero attached hydrogens (tertiary/aromatic N) is 3. The van der Waals surface area contributed by atoms with Gasteiger partial charge in [-0.15, -0.1) is 0 Å². The molecule has 1 aromatic heterocycles. The largest absolute Gasteiger partial charge is 0.383 e. The van der Waals surface area contributed by atoms with Gasteiger partial charge in [0, 0.05) is 18.3 Å². The Kier molecular flexibility index (Phi) is 3.74. The van der Waals surface area contributed by atoms with Crippen molar-refractivity contribution in [3.8, 4) is 0 Å². The highest BCUT2D eigenvalue weighted by molar-refractivity contribution is 5.44. The zero-order valence-corrected chi connectivity index (χ0v) is 10.9. The fourth-order valence-electron chi connectivity index (χ4n) is 2.40. The fourth-order valence-corrected chi connectivity index (χ4v) is 2.40. The molecule has 1 saturated heterocycles. The highest BCUT2D eigenvalue weighted by Gasteiger charge is 2.12. The molecule has 0 radical (unpaired) electrons. The lowest BCUT2D eigenvalue weighted by Gasteiger charge is -2.12. The second-order valence-electron chi connectivity index (χ2n) is 4.96. The van der Waals surface area contributed by atoms with E-state index in [2.05, 4.69) is 45.0 Å². The van der Waals surface area contributed by atoms with Gasteiger partial charge in [0.25, 0.3) is 0 Å². The molecule has 2 heterocycles. The molecule has 0 amide bonds. The van der Waals surface area contributed by atoms with E-state index in [4.69, 9.17) is 0 Å². The topological polar surface area (TPSA) is 54.8 Å². The van der Waals surface area contributed by atoms with E-state index in [-0.39, 0.29) is 0 Å². The minimum absolute atomic E-state index is 0.620. The highest BCUT2D eigenvalue weighted by atomic mass is 15.3. The van der Waals surface area contributed by atoms with Crippen molar-refractivity contribution in [1.82, 2.24) is 20.1 Å². The Balaban J connectivity index is 1.53. The molecule has 2 aromatic rings. The van der Waals surface area contributed by atoms with E-state index in [1.807, 2.05) is 4.68 Å². The third-order valence-electron chi connectivity index (χ3n) is 3.48. The normalized spacial score (nSPS) is 18.6. The molecule has 19 heavy (non-hydrogen) atoms. The first kappa shape index (κ1) is 12.2. The molecular weight excluding hydrogens is 238 g/mol. The third-order valence-corrected chi connectivity index (χ3v) is 3.48. The lowest BCUT2D eigenvalue weighted by atomic mass is 10.2. The number of hydrogen-bond acceptors (Lipinski definition) is 4. The van der Waals surface area contributed by atoms with Gasteiger partial charge in [-0.2, -0.15) is 5.10 Å². The summed E-state index contributed by atoms with van der Waals surface area (Å²) in [7, 11) is 0. The van der Waals surface area contributed by atoms with Crippen LogP contribution in [0.2, 0.25) is 0 Å². The van der Waals surface area contributed by atoms with Crippen LogP contribution in [0.15, 0.2) is 36.9 Å². The van der Waals surface area contributed by atoms with Crippen LogP contribution in [0.5, 0.6) is 0 Å². The molecule has 1 unspecified atom stereocenters. The van der Waals surface area contributed by atoms with Crippen molar-refractivity contribution >= 4 is 5.69 Å². The standard InChI is InChI=1S/C14H19N5/c1-2-14(16-7-1)8-17-13-5-3-12(4-6-13)9-19-11-15-10-18-19/h3-6,10-11,14,16-17H,1-2,7-9H2. The van der Waals surface area contributed by atoms with Crippen LogP contribution in [0.4, 0.5) is 5.69 Å². The Hall–Kier alpha value is -1.88. The lowest BCUT2D eigenvalue weighted by Crippen LogP contribution is -2.29. The summed E-state index contributed by atoms with van der Waals surface area (Å²) in [5, 5.41) is 11.1. The molecule has 5 heteroatoms. The zero-order valence-electron chi connectivity index (χ0n) is 10.9. The van der Waals surface area contributed by atoms with Gasteiger partial charge in [0.05, 0.1) is 6.54 Å². The molecule has 3 rings (SSSR count). The summed E-state index contributed by atoms with van der Waals surface area (Å²) in [6, 6.07) is 9.13. The molecule has 2 N–H and O–H groups in total. The van der Waals surface area contributed by atoms with Crippen molar-refractivity contribution in [2.24, 2.45) is 0 Å². The quantitative estimate of drug-likeness (QED) is 0.852. The van der Waals surface area contributed by atoms with Crippen LogP contribution < -0.4 is 10.6 Å². The lowest BCUT2D eigenvalue weighted by molar-refractivity contribution is 0.633. The smallest absolute Gasteiger partial charge is 0.137 e. The van der Waals surface area contributed by atoms with Crippen LogP contribution in [0.25, 0.3) is 0 Å². The average Bonchev–Trinajstić information content (AvgIpc) is 3.11. The van der Waals surface area contributed by atoms with Gasteiger partial charge in [0.15, 0.2) is 0 Å². The van der Waals surface area contributed by atoms with Gasteiger partial charge in [-0.05, 0) is 37.1 Å². The van der Waals surface area contributed by atoms with Gasteiger partial charge in [-0.3, -0.25) is 0 Å². The van der Waals surface area contributed by atoms with E-state index >= 15 is 0 Å². The molecule has 0 bridgehead atoms. The first-order valence-corrected chi connectivity index (χ1v) is 6.79. The summed E-state index contributed by atoms with van der Waals surface area (Å²) < 4.78 is 1.82. The number of nitrogens with one attached hydrogen (secondary N) is 2. The van der Waals surface area contributed by atoms with Crippen LogP contribution >= 0.6 is 0 Å². The maximum atomic E-state index is 4.10. The Morgan fingerprint density at radius 3 is 2.89 bits per heavy atom. The molecule has 0 spiro atoms. The maximum absolute atomic E-state index is 4.10. The Labute approximate surface area is 113 Å². The summed E-state index contributed by atoms with van der Waals surface area (Å²) in [5.74, 6) is 0. The first-order valence-electron chi connectivity index (χ1n) is 6.79. The van der Waals surface area contributed by atoms with Gasteiger partial charge >= 0.3 is 0 Å². The minimum Gasteiger partial charge on any atom is -0.383 e. The Bertz CT molecular complexity index is 485. The fraction of sp³-hybridized carbons (Fsp3) is 0.429. The highest BCUT2D eigenvalue weighted by Crippen LogP contribution is 2.12. The number of benzene rings is 1. The summed E-state index contributed by atoms with van der Waals surface area (Å²) in [6.45, 7) is 2.93. The van der Waals surface area contributed by atoms with Crippen molar-refractivity contribution in [2.45, 2.75) is 25.4 Å². The van der Waals surface area contributed by atoms with E-state index in [1.165, 1.54) is 24.1 Å². The summed E-state index contributed by atoms with van der Waals surface area (Å²) in [5.41, 5.74) is 2.41. The third kappa shape index (κ3) is 3.32. The van der Waals surface area contributed by atoms with Crippen LogP contribution in [0.3, 0.4) is 0 Å². The Morgan fingerprint density at radius 1 is 1.32 bits per heavy atom. The average molecular weight is 257 g/mol. The number of hydrogen-bond donors (Lipinski definition) is 2. The van der Waals surface area contributed by atoms with Gasteiger partial charge in [0.1, 0.15) is 12.7 Å². The zero-order chi connectivity index (χ0) is 12.9. The van der Waals surface area contributed by atoms with Gasteiger partial charge in [-0.25, -0.2) is 9.67 Å². The molecule has 1 fully saturated rings. The predicted octanol–water partition coefficient (Wildman–Crippen LogP) is 1.49. The van der Waals surface area contributed by atoms with Crippen molar-refractivity contribution < 1.29 is 0 Å². The number of rotatable bonds is 5. The molecular formula is C14H19N5. The van der Waals surface area contributed by atoms with Crippen molar-refractivity contribution in [3.05, 3.63) is 42.5 Å². The summed E-state index contributed by atoms with van der Waals surface area (Å²) in [4.78, 5) is 3.94. The SMILES string of the molecule is c1ncn(Cc2ccc(NCC3CCCN3)cc2)n1. The summed E-state index contributed by atoms with van der Waals surface area (Å²) >= 11 is 0. The molecule has 1 aliphatic heterocycles. The van der Waals surface area contributed by atoms with E-state index in [9.17, 15) is 0 Å². The van der Waals surface area contributed by atoms with E-state index in [0.29, 0.717) is 6.04 Å². The maximum Gasteiger partial charge on any atom is 0.137 e. The van der Waals surface area contributed by atoms with Gasteiger partial charge in [-0.1, -0.05) is 12.1 Å². The second-order valence-corrected chi connectivity index (χ2v) is 4.96. The molecule has 1 aromatic carbocycles. The second kappa shape index (κ2) is 5.84. The minimum atomic E-state index is 0.620. The predicted molar refractivity (Wildman–Crippen MR) is 75.1 cm³/mol. The van der Waals surface area contributed by atoms with Crippen LogP contribution in [0, 0.1) is 0 Å². The first-order chi connectivity index (χ1) is 9.40. The molecule has 5 nitrogen and oxygen atoms in total. The van der Waals surface area contributed by atoms with Crippen LogP contribution in [0.1, 0.15) is 18.4 Å². The van der Waals surface area contributed by atoms with Gasteiger partial charge < -0.3 is 10.6 Å². The molecule has 0 saturated carbocycles. The van der Waals surface area contributed by atoms with Crippen molar-refractivity contribution in [2.75, 3.05) is 18.4 Å². The number of aromatic nitrogens is 3. The van der Waals surface area contributed by atoms with E-state index in [1.54, 1.807) is 12.7 Å². The van der Waals surface area contributed by atoms with E-state index < -0.39 is 0 Å². The van der Waals surface area contributed by atoms with E-state index in [0.717, 1.165) is 19.6 Å². The Morgan fingerprint density at radius 2 is 2.21 bits per heavy atom.